The second kappa shape index (κ2) is 9.26. The predicted octanol–water partition coefficient (Wildman–Crippen LogP) is 5.29. The minimum atomic E-state index is -4.32. The molecule has 2 aromatic rings. The third-order valence-corrected chi connectivity index (χ3v) is 6.27. The summed E-state index contributed by atoms with van der Waals surface area (Å²) in [6.45, 7) is 0.851. The molecule has 164 valence electrons. The molecule has 0 spiro atoms. The molecule has 4 rings (SSSR count). The zero-order valence-electron chi connectivity index (χ0n) is 16.7. The lowest BCUT2D eigenvalue weighted by Gasteiger charge is -2.23. The van der Waals surface area contributed by atoms with E-state index in [4.69, 9.17) is 9.47 Å². The molecule has 0 bridgehead atoms. The largest absolute Gasteiger partial charge is 0.454 e. The molecule has 8 heteroatoms. The standard InChI is InChI=1S/C23H22F3NO3S/c24-23(25,26)18-3-1-2-15(8-18)13-31-7-6-27-19-9-17(10-20(28)12-19)16-4-5-21-22(11-16)30-14-29-21/h1-5,8,11-12,17,27H,6-7,9-10,13-14H2/t17-/m1/s1. The lowest BCUT2D eigenvalue weighted by Crippen LogP contribution is -2.23. The Bertz CT molecular complexity index is 990. The van der Waals surface area contributed by atoms with Crippen LogP contribution in [-0.4, -0.2) is 24.9 Å². The highest BCUT2D eigenvalue weighted by molar-refractivity contribution is 7.98. The van der Waals surface area contributed by atoms with Gasteiger partial charge in [-0.2, -0.15) is 24.9 Å². The van der Waals surface area contributed by atoms with Crippen molar-refractivity contribution in [2.24, 2.45) is 0 Å². The van der Waals surface area contributed by atoms with Crippen molar-refractivity contribution in [2.45, 2.75) is 30.7 Å². The van der Waals surface area contributed by atoms with Gasteiger partial charge in [0.2, 0.25) is 6.79 Å². The van der Waals surface area contributed by atoms with Crippen LogP contribution in [0.25, 0.3) is 0 Å². The molecule has 0 amide bonds. The number of fused-ring (bicyclic) bond motifs is 1. The van der Waals surface area contributed by atoms with Gasteiger partial charge >= 0.3 is 6.18 Å². The number of rotatable bonds is 7. The SMILES string of the molecule is O=C1C=C(NCCSCc2cccc(C(F)(F)F)c2)C[C@@H](c2ccc3c(c2)OCO3)C1. The van der Waals surface area contributed by atoms with Crippen LogP contribution in [0.1, 0.15) is 35.4 Å². The van der Waals surface area contributed by atoms with Crippen molar-refractivity contribution in [1.82, 2.24) is 5.32 Å². The van der Waals surface area contributed by atoms with Gasteiger partial charge < -0.3 is 14.8 Å². The molecular formula is C23H22F3NO3S. The molecule has 2 aromatic carbocycles. The highest BCUT2D eigenvalue weighted by Crippen LogP contribution is 2.38. The Morgan fingerprint density at radius 3 is 2.74 bits per heavy atom. The number of thioether (sulfide) groups is 1. The molecule has 1 N–H and O–H groups in total. The molecule has 0 aromatic heterocycles. The topological polar surface area (TPSA) is 47.6 Å². The van der Waals surface area contributed by atoms with E-state index in [1.165, 1.54) is 12.1 Å². The van der Waals surface area contributed by atoms with Crippen LogP contribution in [0.3, 0.4) is 0 Å². The highest BCUT2D eigenvalue weighted by Gasteiger charge is 2.30. The van der Waals surface area contributed by atoms with Crippen molar-refractivity contribution in [3.63, 3.8) is 0 Å². The van der Waals surface area contributed by atoms with Crippen molar-refractivity contribution in [3.05, 3.63) is 70.9 Å². The highest BCUT2D eigenvalue weighted by atomic mass is 32.2. The second-order valence-electron chi connectivity index (χ2n) is 7.53. The molecule has 31 heavy (non-hydrogen) atoms. The van der Waals surface area contributed by atoms with E-state index in [0.717, 1.165) is 35.3 Å². The minimum absolute atomic E-state index is 0.0762. The first-order valence-electron chi connectivity index (χ1n) is 9.99. The first-order valence-corrected chi connectivity index (χ1v) is 11.1. The van der Waals surface area contributed by atoms with E-state index in [2.05, 4.69) is 5.32 Å². The van der Waals surface area contributed by atoms with Crippen LogP contribution in [0.4, 0.5) is 13.2 Å². The van der Waals surface area contributed by atoms with E-state index in [9.17, 15) is 18.0 Å². The summed E-state index contributed by atoms with van der Waals surface area (Å²) in [4.78, 5) is 12.2. The molecule has 0 radical (unpaired) electrons. The maximum absolute atomic E-state index is 12.8. The molecule has 0 saturated carbocycles. The zero-order chi connectivity index (χ0) is 21.8. The van der Waals surface area contributed by atoms with Gasteiger partial charge in [0.25, 0.3) is 0 Å². The smallest absolute Gasteiger partial charge is 0.416 e. The average molecular weight is 449 g/mol. The van der Waals surface area contributed by atoms with Gasteiger partial charge in [-0.25, -0.2) is 0 Å². The number of alkyl halides is 3. The van der Waals surface area contributed by atoms with Crippen LogP contribution in [0.2, 0.25) is 0 Å². The third kappa shape index (κ3) is 5.55. The fourth-order valence-electron chi connectivity index (χ4n) is 3.73. The number of allylic oxidation sites excluding steroid dienone is 2. The van der Waals surface area contributed by atoms with Crippen LogP contribution >= 0.6 is 11.8 Å². The predicted molar refractivity (Wildman–Crippen MR) is 113 cm³/mol. The van der Waals surface area contributed by atoms with Gasteiger partial charge in [-0.1, -0.05) is 24.3 Å². The van der Waals surface area contributed by atoms with Crippen LogP contribution in [0, 0.1) is 0 Å². The van der Waals surface area contributed by atoms with E-state index in [-0.39, 0.29) is 18.5 Å². The lowest BCUT2D eigenvalue weighted by molar-refractivity contribution is -0.137. The number of ether oxygens (including phenoxy) is 2. The summed E-state index contributed by atoms with van der Waals surface area (Å²) in [7, 11) is 0. The summed E-state index contributed by atoms with van der Waals surface area (Å²) in [6.07, 6.45) is -1.49. The van der Waals surface area contributed by atoms with Gasteiger partial charge in [0.05, 0.1) is 5.56 Å². The number of carbonyl (C=O) groups is 1. The van der Waals surface area contributed by atoms with Crippen LogP contribution in [0.15, 0.2) is 54.2 Å². The summed E-state index contributed by atoms with van der Waals surface area (Å²) in [6, 6.07) is 11.2. The Morgan fingerprint density at radius 1 is 1.06 bits per heavy atom. The summed E-state index contributed by atoms with van der Waals surface area (Å²) in [5.41, 5.74) is 1.96. The molecular weight excluding hydrogens is 427 g/mol. The van der Waals surface area contributed by atoms with E-state index in [1.807, 2.05) is 18.2 Å². The fourth-order valence-corrected chi connectivity index (χ4v) is 4.54. The molecule has 1 heterocycles. The molecule has 0 saturated heterocycles. The van der Waals surface area contributed by atoms with Gasteiger partial charge in [0.1, 0.15) is 0 Å². The molecule has 0 unspecified atom stereocenters. The number of carbonyl (C=O) groups excluding carboxylic acids is 1. The Morgan fingerprint density at radius 2 is 1.90 bits per heavy atom. The van der Waals surface area contributed by atoms with Gasteiger partial charge in [0.15, 0.2) is 17.3 Å². The van der Waals surface area contributed by atoms with Gasteiger partial charge in [-0.05, 0) is 41.7 Å². The van der Waals surface area contributed by atoms with Gasteiger partial charge in [-0.3, -0.25) is 4.79 Å². The van der Waals surface area contributed by atoms with Crippen molar-refractivity contribution >= 4 is 17.5 Å². The average Bonchev–Trinajstić information content (AvgIpc) is 3.21. The minimum Gasteiger partial charge on any atom is -0.454 e. The maximum atomic E-state index is 12.8. The zero-order valence-corrected chi connectivity index (χ0v) is 17.5. The quantitative estimate of drug-likeness (QED) is 0.583. The lowest BCUT2D eigenvalue weighted by atomic mass is 9.85. The maximum Gasteiger partial charge on any atom is 0.416 e. The Labute approximate surface area is 182 Å². The van der Waals surface area contributed by atoms with Gasteiger partial charge in [0, 0.05) is 36.2 Å². The number of hydrogen-bond donors (Lipinski definition) is 1. The molecule has 1 aliphatic heterocycles. The summed E-state index contributed by atoms with van der Waals surface area (Å²) >= 11 is 1.55. The summed E-state index contributed by atoms with van der Waals surface area (Å²) in [5.74, 6) is 2.80. The second-order valence-corrected chi connectivity index (χ2v) is 8.64. The van der Waals surface area contributed by atoms with Crippen molar-refractivity contribution in [1.29, 1.82) is 0 Å². The molecule has 1 atom stereocenters. The number of benzene rings is 2. The molecule has 4 nitrogen and oxygen atoms in total. The Kier molecular flexibility index (Phi) is 6.46. The number of ketones is 1. The van der Waals surface area contributed by atoms with E-state index in [0.29, 0.717) is 30.0 Å². The number of hydrogen-bond acceptors (Lipinski definition) is 5. The van der Waals surface area contributed by atoms with Crippen LogP contribution < -0.4 is 14.8 Å². The number of halogens is 3. The Hall–Kier alpha value is -2.61. The summed E-state index contributed by atoms with van der Waals surface area (Å²) < 4.78 is 49.2. The van der Waals surface area contributed by atoms with Crippen molar-refractivity contribution in [3.8, 4) is 11.5 Å². The monoisotopic (exact) mass is 449 g/mol. The van der Waals surface area contributed by atoms with Crippen LogP contribution in [0.5, 0.6) is 11.5 Å². The van der Waals surface area contributed by atoms with Crippen molar-refractivity contribution in [2.75, 3.05) is 19.1 Å². The third-order valence-electron chi connectivity index (χ3n) is 5.24. The fraction of sp³-hybridized carbons (Fsp3) is 0.348. The first kappa shape index (κ1) is 21.6. The number of nitrogens with one attached hydrogen (secondary N) is 1. The molecule has 0 fully saturated rings. The summed E-state index contributed by atoms with van der Waals surface area (Å²) in [5, 5.41) is 3.31. The normalized spacial score (nSPS) is 18.1. The van der Waals surface area contributed by atoms with Gasteiger partial charge in [-0.15, -0.1) is 0 Å². The molecule has 1 aliphatic carbocycles. The van der Waals surface area contributed by atoms with E-state index >= 15 is 0 Å². The van der Waals surface area contributed by atoms with E-state index in [1.54, 1.807) is 23.9 Å². The molecule has 2 aliphatic rings. The van der Waals surface area contributed by atoms with Crippen LogP contribution in [-0.2, 0) is 16.7 Å². The van der Waals surface area contributed by atoms with E-state index < -0.39 is 11.7 Å². The van der Waals surface area contributed by atoms with Crippen molar-refractivity contribution < 1.29 is 27.4 Å². The first-order chi connectivity index (χ1) is 14.9. The Balaban J connectivity index is 1.26.